The summed E-state index contributed by atoms with van der Waals surface area (Å²) in [7, 11) is 0. The van der Waals surface area contributed by atoms with Crippen molar-refractivity contribution in [2.24, 2.45) is 0 Å². The fraction of sp³-hybridized carbons (Fsp3) is 0.722. The van der Waals surface area contributed by atoms with Crippen molar-refractivity contribution in [3.8, 4) is 0 Å². The van der Waals surface area contributed by atoms with Gasteiger partial charge in [0.2, 0.25) is 5.91 Å². The molecule has 1 aromatic rings. The number of ether oxygens (including phenoxy) is 1. The van der Waals surface area contributed by atoms with E-state index < -0.39 is 0 Å². The Bertz CT molecular complexity index is 604. The highest BCUT2D eigenvalue weighted by Gasteiger charge is 2.25. The van der Waals surface area contributed by atoms with Gasteiger partial charge in [-0.1, -0.05) is 0 Å². The molecule has 2 saturated heterocycles. The van der Waals surface area contributed by atoms with Crippen LogP contribution in [-0.4, -0.2) is 65.5 Å². The molecule has 2 fully saturated rings. The lowest BCUT2D eigenvalue weighted by atomic mass is 9.96. The first-order valence-corrected chi connectivity index (χ1v) is 9.61. The van der Waals surface area contributed by atoms with Crippen LogP contribution in [0.2, 0.25) is 0 Å². The fourth-order valence-corrected chi connectivity index (χ4v) is 3.76. The minimum Gasteiger partial charge on any atom is -0.450 e. The van der Waals surface area contributed by atoms with Crippen molar-refractivity contribution >= 4 is 12.0 Å². The number of hydrogen-bond acceptors (Lipinski definition) is 5. The van der Waals surface area contributed by atoms with Crippen LogP contribution in [0.1, 0.15) is 44.2 Å². The van der Waals surface area contributed by atoms with E-state index in [0.29, 0.717) is 25.6 Å². The number of likely N-dealkylation sites (tertiary alicyclic amines) is 1. The van der Waals surface area contributed by atoms with Gasteiger partial charge in [0.15, 0.2) is 0 Å². The van der Waals surface area contributed by atoms with Crippen molar-refractivity contribution in [2.45, 2.75) is 51.1 Å². The summed E-state index contributed by atoms with van der Waals surface area (Å²) in [5, 5.41) is 10.8. The van der Waals surface area contributed by atoms with Gasteiger partial charge in [-0.3, -0.25) is 9.48 Å². The predicted molar refractivity (Wildman–Crippen MR) is 96.8 cm³/mol. The highest BCUT2D eigenvalue weighted by atomic mass is 16.6. The molecule has 3 heterocycles. The van der Waals surface area contributed by atoms with E-state index in [2.05, 4.69) is 15.7 Å². The topological polar surface area (TPSA) is 88.5 Å². The molecule has 2 aliphatic heterocycles. The first-order chi connectivity index (χ1) is 12.7. The van der Waals surface area contributed by atoms with Crippen molar-refractivity contribution in [1.29, 1.82) is 0 Å². The number of aromatic nitrogens is 2. The van der Waals surface area contributed by atoms with E-state index in [0.717, 1.165) is 44.5 Å². The monoisotopic (exact) mass is 363 g/mol. The average molecular weight is 363 g/mol. The van der Waals surface area contributed by atoms with Crippen molar-refractivity contribution < 1.29 is 14.3 Å². The Morgan fingerprint density at radius 2 is 2.15 bits per heavy atom. The smallest absolute Gasteiger partial charge is 0.409 e. The van der Waals surface area contributed by atoms with Gasteiger partial charge in [0.25, 0.3) is 0 Å². The highest BCUT2D eigenvalue weighted by Crippen LogP contribution is 2.22. The molecule has 0 radical (unpaired) electrons. The molecule has 2 N–H and O–H groups in total. The van der Waals surface area contributed by atoms with Crippen LogP contribution in [0.4, 0.5) is 4.79 Å². The van der Waals surface area contributed by atoms with Crippen LogP contribution >= 0.6 is 0 Å². The fourth-order valence-electron chi connectivity index (χ4n) is 3.76. The molecule has 0 bridgehead atoms. The Morgan fingerprint density at radius 3 is 2.85 bits per heavy atom. The number of amides is 2. The van der Waals surface area contributed by atoms with Crippen LogP contribution in [0.25, 0.3) is 0 Å². The summed E-state index contributed by atoms with van der Waals surface area (Å²) in [6, 6.07) is 2.12. The van der Waals surface area contributed by atoms with E-state index in [-0.39, 0.29) is 24.6 Å². The summed E-state index contributed by atoms with van der Waals surface area (Å²) in [6.07, 6.45) is 5.30. The molecule has 0 spiro atoms. The van der Waals surface area contributed by atoms with Gasteiger partial charge in [-0.25, -0.2) is 4.79 Å². The second kappa shape index (κ2) is 9.02. The number of rotatable bonds is 5. The lowest BCUT2D eigenvalue weighted by Crippen LogP contribution is -2.47. The average Bonchev–Trinajstić information content (AvgIpc) is 3.11. The van der Waals surface area contributed by atoms with Crippen LogP contribution in [0.15, 0.2) is 12.3 Å². The van der Waals surface area contributed by atoms with Crippen molar-refractivity contribution in [2.75, 3.05) is 32.8 Å². The lowest BCUT2D eigenvalue weighted by Gasteiger charge is -2.31. The molecule has 8 heteroatoms. The van der Waals surface area contributed by atoms with Gasteiger partial charge >= 0.3 is 6.09 Å². The molecule has 0 aliphatic carbocycles. The van der Waals surface area contributed by atoms with Gasteiger partial charge in [0.1, 0.15) is 6.54 Å². The quantitative estimate of drug-likeness (QED) is 0.817. The number of nitrogens with one attached hydrogen (secondary N) is 2. The molecule has 1 atom stereocenters. The molecule has 26 heavy (non-hydrogen) atoms. The third-order valence-electron chi connectivity index (χ3n) is 5.14. The van der Waals surface area contributed by atoms with E-state index in [4.69, 9.17) is 4.74 Å². The summed E-state index contributed by atoms with van der Waals surface area (Å²) in [5.74, 6) is 0.403. The highest BCUT2D eigenvalue weighted by molar-refractivity contribution is 5.76. The van der Waals surface area contributed by atoms with Crippen molar-refractivity contribution in [3.05, 3.63) is 18.0 Å². The lowest BCUT2D eigenvalue weighted by molar-refractivity contribution is -0.122. The minimum absolute atomic E-state index is 0.0201. The first-order valence-electron chi connectivity index (χ1n) is 9.61. The SMILES string of the molecule is CCOC(=O)N1CCC(NC(=O)Cn2nccc2[C@H]2CCCNC2)CC1. The maximum atomic E-state index is 12.4. The van der Waals surface area contributed by atoms with Gasteiger partial charge in [-0.05, 0) is 45.2 Å². The van der Waals surface area contributed by atoms with Gasteiger partial charge in [0.05, 0.1) is 6.61 Å². The number of carbonyl (C=O) groups is 2. The number of piperidine rings is 2. The van der Waals surface area contributed by atoms with Crippen LogP contribution in [0, 0.1) is 0 Å². The maximum Gasteiger partial charge on any atom is 0.409 e. The molecule has 1 aromatic heterocycles. The van der Waals surface area contributed by atoms with E-state index >= 15 is 0 Å². The van der Waals surface area contributed by atoms with Gasteiger partial charge in [-0.2, -0.15) is 5.10 Å². The van der Waals surface area contributed by atoms with E-state index in [1.165, 1.54) is 0 Å². The molecule has 8 nitrogen and oxygen atoms in total. The predicted octanol–water partition coefficient (Wildman–Crippen LogP) is 1.09. The zero-order valence-electron chi connectivity index (χ0n) is 15.4. The van der Waals surface area contributed by atoms with Crippen LogP contribution in [-0.2, 0) is 16.1 Å². The summed E-state index contributed by atoms with van der Waals surface area (Å²) in [5.41, 5.74) is 1.13. The second-order valence-corrected chi connectivity index (χ2v) is 6.98. The van der Waals surface area contributed by atoms with E-state index in [1.54, 1.807) is 18.0 Å². The largest absolute Gasteiger partial charge is 0.450 e. The minimum atomic E-state index is -0.264. The van der Waals surface area contributed by atoms with E-state index in [9.17, 15) is 9.59 Å². The summed E-state index contributed by atoms with van der Waals surface area (Å²) in [4.78, 5) is 25.9. The molecule has 3 rings (SSSR count). The number of carbonyl (C=O) groups excluding carboxylic acids is 2. The first kappa shape index (κ1) is 18.7. The van der Waals surface area contributed by atoms with E-state index in [1.807, 2.05) is 10.7 Å². The molecule has 0 aromatic carbocycles. The summed E-state index contributed by atoms with van der Waals surface area (Å²) >= 11 is 0. The zero-order valence-corrected chi connectivity index (χ0v) is 15.4. The van der Waals surface area contributed by atoms with Crippen LogP contribution in [0.3, 0.4) is 0 Å². The maximum absolute atomic E-state index is 12.4. The Labute approximate surface area is 154 Å². The van der Waals surface area contributed by atoms with Crippen molar-refractivity contribution in [1.82, 2.24) is 25.3 Å². The normalized spacial score (nSPS) is 21.4. The van der Waals surface area contributed by atoms with Gasteiger partial charge in [0, 0.05) is 43.5 Å². The van der Waals surface area contributed by atoms with Crippen molar-refractivity contribution in [3.63, 3.8) is 0 Å². The Hall–Kier alpha value is -2.09. The summed E-state index contributed by atoms with van der Waals surface area (Å²) < 4.78 is 6.84. The van der Waals surface area contributed by atoms with Gasteiger partial charge in [-0.15, -0.1) is 0 Å². The molecule has 2 amide bonds. The Balaban J connectivity index is 1.47. The molecular formula is C18H29N5O3. The number of nitrogens with zero attached hydrogens (tertiary/aromatic N) is 3. The Morgan fingerprint density at radius 1 is 1.35 bits per heavy atom. The third-order valence-corrected chi connectivity index (χ3v) is 5.14. The molecule has 0 unspecified atom stereocenters. The van der Waals surface area contributed by atoms with Crippen LogP contribution in [0.5, 0.6) is 0 Å². The standard InChI is InChI=1S/C18H29N5O3/c1-2-26-18(25)22-10-6-15(7-11-22)21-17(24)13-23-16(5-9-20-23)14-4-3-8-19-12-14/h5,9,14-15,19H,2-4,6-8,10-13H2,1H3,(H,21,24)/t14-/m0/s1. The third kappa shape index (κ3) is 4.75. The number of hydrogen-bond donors (Lipinski definition) is 2. The van der Waals surface area contributed by atoms with Crippen LogP contribution < -0.4 is 10.6 Å². The zero-order chi connectivity index (χ0) is 18.4. The molecule has 144 valence electrons. The summed E-state index contributed by atoms with van der Waals surface area (Å²) in [6.45, 7) is 5.68. The van der Waals surface area contributed by atoms with Gasteiger partial charge < -0.3 is 20.3 Å². The second-order valence-electron chi connectivity index (χ2n) is 6.98. The molecule has 2 aliphatic rings. The Kier molecular flexibility index (Phi) is 6.49. The molecule has 0 saturated carbocycles. The molecular weight excluding hydrogens is 334 g/mol.